The molecule has 0 atom stereocenters. The molecule has 2 rings (SSSR count). The third-order valence-electron chi connectivity index (χ3n) is 2.00. The lowest BCUT2D eigenvalue weighted by Crippen LogP contribution is -2.09. The predicted molar refractivity (Wildman–Crippen MR) is 59.6 cm³/mol. The molecule has 2 heterocycles. The lowest BCUT2D eigenvalue weighted by atomic mass is 10.4. The first-order valence-corrected chi connectivity index (χ1v) is 5.00. The maximum absolute atomic E-state index is 5.50. The third kappa shape index (κ3) is 2.91. The normalized spacial score (nSPS) is 10.2. The molecule has 0 aliphatic heterocycles. The van der Waals surface area contributed by atoms with Crippen molar-refractivity contribution < 1.29 is 0 Å². The first-order chi connectivity index (χ1) is 7.84. The Kier molecular flexibility index (Phi) is 3.27. The van der Waals surface area contributed by atoms with Gasteiger partial charge in [-0.1, -0.05) is 5.21 Å². The summed E-state index contributed by atoms with van der Waals surface area (Å²) in [6, 6.07) is 0. The topological polar surface area (TPSA) is 94.5 Å². The molecule has 84 valence electrons. The number of anilines is 2. The molecular formula is C9H13N7. The van der Waals surface area contributed by atoms with Gasteiger partial charge in [0.2, 0.25) is 0 Å². The number of nitrogen functional groups attached to an aromatic ring is 1. The summed E-state index contributed by atoms with van der Waals surface area (Å²) >= 11 is 0. The molecule has 0 fully saturated rings. The molecule has 0 saturated heterocycles. The molecule has 0 radical (unpaired) electrons. The number of hydrogen-bond donors (Lipinski definition) is 2. The van der Waals surface area contributed by atoms with Crippen LogP contribution in [0.5, 0.6) is 0 Å². The Morgan fingerprint density at radius 3 is 3.06 bits per heavy atom. The maximum atomic E-state index is 5.50. The number of rotatable bonds is 5. The van der Waals surface area contributed by atoms with Crippen molar-refractivity contribution in [1.82, 2.24) is 25.0 Å². The van der Waals surface area contributed by atoms with Gasteiger partial charge in [-0.2, -0.15) is 0 Å². The van der Waals surface area contributed by atoms with E-state index in [2.05, 4.69) is 25.6 Å². The third-order valence-corrected chi connectivity index (χ3v) is 2.00. The maximum Gasteiger partial charge on any atom is 0.146 e. The molecule has 16 heavy (non-hydrogen) atoms. The minimum Gasteiger partial charge on any atom is -0.382 e. The van der Waals surface area contributed by atoms with Crippen LogP contribution >= 0.6 is 0 Å². The molecular weight excluding hydrogens is 206 g/mol. The summed E-state index contributed by atoms with van der Waals surface area (Å²) < 4.78 is 1.78. The number of nitrogens with one attached hydrogen (secondary N) is 1. The van der Waals surface area contributed by atoms with Crippen molar-refractivity contribution in [2.45, 2.75) is 13.0 Å². The minimum atomic E-state index is 0.418. The molecule has 0 aliphatic carbocycles. The van der Waals surface area contributed by atoms with Crippen molar-refractivity contribution in [2.75, 3.05) is 17.6 Å². The second-order valence-electron chi connectivity index (χ2n) is 3.28. The van der Waals surface area contributed by atoms with Crippen molar-refractivity contribution in [2.24, 2.45) is 0 Å². The molecule has 0 unspecified atom stereocenters. The largest absolute Gasteiger partial charge is 0.382 e. The van der Waals surface area contributed by atoms with E-state index in [1.165, 1.54) is 6.20 Å². The van der Waals surface area contributed by atoms with Crippen LogP contribution in [0.2, 0.25) is 0 Å². The fourth-order valence-corrected chi connectivity index (χ4v) is 1.28. The number of hydrogen-bond acceptors (Lipinski definition) is 6. The molecule has 3 N–H and O–H groups in total. The van der Waals surface area contributed by atoms with Crippen LogP contribution in [0.4, 0.5) is 11.6 Å². The van der Waals surface area contributed by atoms with Gasteiger partial charge >= 0.3 is 0 Å². The molecule has 0 spiro atoms. The lowest BCUT2D eigenvalue weighted by Gasteiger charge is -2.05. The van der Waals surface area contributed by atoms with Crippen LogP contribution in [-0.4, -0.2) is 31.5 Å². The Balaban J connectivity index is 1.72. The van der Waals surface area contributed by atoms with E-state index in [1.807, 2.05) is 6.20 Å². The quantitative estimate of drug-likeness (QED) is 0.695. The summed E-state index contributed by atoms with van der Waals surface area (Å²) in [4.78, 5) is 8.01. The molecule has 7 heteroatoms. The number of nitrogens with zero attached hydrogens (tertiary/aromatic N) is 5. The summed E-state index contributed by atoms with van der Waals surface area (Å²) in [7, 11) is 0. The molecule has 0 bridgehead atoms. The second kappa shape index (κ2) is 5.06. The van der Waals surface area contributed by atoms with Crippen LogP contribution in [0.1, 0.15) is 6.42 Å². The Hall–Kier alpha value is -2.18. The van der Waals surface area contributed by atoms with Crippen molar-refractivity contribution in [1.29, 1.82) is 0 Å². The Morgan fingerprint density at radius 2 is 2.31 bits per heavy atom. The van der Waals surface area contributed by atoms with Gasteiger partial charge in [-0.05, 0) is 6.42 Å². The summed E-state index contributed by atoms with van der Waals surface area (Å²) in [5.74, 6) is 1.11. The van der Waals surface area contributed by atoms with Crippen molar-refractivity contribution >= 4 is 11.6 Å². The van der Waals surface area contributed by atoms with Crippen molar-refractivity contribution in [3.8, 4) is 0 Å². The fraction of sp³-hybridized carbons (Fsp3) is 0.333. The first kappa shape index (κ1) is 10.3. The van der Waals surface area contributed by atoms with E-state index in [9.17, 15) is 0 Å². The van der Waals surface area contributed by atoms with Crippen LogP contribution < -0.4 is 11.1 Å². The van der Waals surface area contributed by atoms with E-state index < -0.39 is 0 Å². The first-order valence-electron chi connectivity index (χ1n) is 5.00. The molecule has 0 aliphatic rings. The smallest absolute Gasteiger partial charge is 0.146 e. The summed E-state index contributed by atoms with van der Waals surface area (Å²) in [6.45, 7) is 1.61. The van der Waals surface area contributed by atoms with Crippen LogP contribution in [0.3, 0.4) is 0 Å². The van der Waals surface area contributed by atoms with Gasteiger partial charge in [-0.3, -0.25) is 9.67 Å². The monoisotopic (exact) mass is 219 g/mol. The molecule has 2 aromatic rings. The van der Waals surface area contributed by atoms with E-state index in [0.717, 1.165) is 19.5 Å². The van der Waals surface area contributed by atoms with E-state index in [-0.39, 0.29) is 0 Å². The van der Waals surface area contributed by atoms with Gasteiger partial charge in [0.1, 0.15) is 11.6 Å². The summed E-state index contributed by atoms with van der Waals surface area (Å²) in [6.07, 6.45) is 7.59. The lowest BCUT2D eigenvalue weighted by molar-refractivity contribution is 0.569. The highest BCUT2D eigenvalue weighted by atomic mass is 15.4. The molecule has 0 aromatic carbocycles. The molecule has 2 aromatic heterocycles. The van der Waals surface area contributed by atoms with Gasteiger partial charge in [0.25, 0.3) is 0 Å². The number of nitrogens with two attached hydrogens (primary N) is 1. The Bertz CT molecular complexity index is 425. The second-order valence-corrected chi connectivity index (χ2v) is 3.28. The van der Waals surface area contributed by atoms with Crippen molar-refractivity contribution in [3.05, 3.63) is 24.8 Å². The molecule has 0 saturated carbocycles. The van der Waals surface area contributed by atoms with Gasteiger partial charge < -0.3 is 11.1 Å². The van der Waals surface area contributed by atoms with Gasteiger partial charge in [0, 0.05) is 19.3 Å². The zero-order valence-electron chi connectivity index (χ0n) is 8.74. The van der Waals surface area contributed by atoms with Gasteiger partial charge in [-0.25, -0.2) is 4.98 Å². The fourth-order valence-electron chi connectivity index (χ4n) is 1.28. The summed E-state index contributed by atoms with van der Waals surface area (Å²) in [5, 5.41) is 10.7. The highest BCUT2D eigenvalue weighted by molar-refractivity contribution is 5.37. The average molecular weight is 219 g/mol. The zero-order valence-corrected chi connectivity index (χ0v) is 8.74. The van der Waals surface area contributed by atoms with Crippen LogP contribution in [0, 0.1) is 0 Å². The van der Waals surface area contributed by atoms with Crippen LogP contribution in [0.25, 0.3) is 0 Å². The highest BCUT2D eigenvalue weighted by Gasteiger charge is 1.95. The average Bonchev–Trinajstić information content (AvgIpc) is 2.77. The highest BCUT2D eigenvalue weighted by Crippen LogP contribution is 2.02. The van der Waals surface area contributed by atoms with E-state index in [4.69, 9.17) is 5.73 Å². The zero-order chi connectivity index (χ0) is 11.2. The Morgan fingerprint density at radius 1 is 1.38 bits per heavy atom. The minimum absolute atomic E-state index is 0.418. The summed E-state index contributed by atoms with van der Waals surface area (Å²) in [5.41, 5.74) is 5.50. The number of aromatic nitrogens is 5. The predicted octanol–water partition coefficient (Wildman–Crippen LogP) is 0.152. The van der Waals surface area contributed by atoms with Crippen LogP contribution in [0.15, 0.2) is 24.8 Å². The molecule has 7 nitrogen and oxygen atoms in total. The van der Waals surface area contributed by atoms with E-state index >= 15 is 0 Å². The van der Waals surface area contributed by atoms with Crippen LogP contribution in [-0.2, 0) is 6.54 Å². The standard InChI is InChI=1S/C9H13N7/c10-8-6-11-7-9(14-8)12-2-1-4-16-5-3-13-15-16/h3,5-7H,1-2,4H2,(H3,10,12,14). The van der Waals surface area contributed by atoms with Gasteiger partial charge in [0.15, 0.2) is 0 Å². The van der Waals surface area contributed by atoms with E-state index in [0.29, 0.717) is 11.6 Å². The van der Waals surface area contributed by atoms with Gasteiger partial charge in [-0.15, -0.1) is 5.10 Å². The van der Waals surface area contributed by atoms with Gasteiger partial charge in [0.05, 0.1) is 18.6 Å². The Labute approximate surface area is 92.7 Å². The SMILES string of the molecule is Nc1cncc(NCCCn2ccnn2)n1. The van der Waals surface area contributed by atoms with E-state index in [1.54, 1.807) is 17.1 Å². The number of aryl methyl sites for hydroxylation is 1. The molecule has 0 amide bonds. The van der Waals surface area contributed by atoms with Crippen molar-refractivity contribution in [3.63, 3.8) is 0 Å².